The molecule has 1 heterocycles. The quantitative estimate of drug-likeness (QED) is 0.675. The molecule has 1 aromatic rings. The predicted octanol–water partition coefficient (Wildman–Crippen LogP) is 0.311. The lowest BCUT2D eigenvalue weighted by Crippen LogP contribution is -2.16. The van der Waals surface area contributed by atoms with Gasteiger partial charge in [0.25, 0.3) is 0 Å². The van der Waals surface area contributed by atoms with Crippen molar-refractivity contribution in [1.29, 1.82) is 0 Å². The number of nitrogen functional groups attached to an aromatic ring is 1. The minimum Gasteiger partial charge on any atom is -0.382 e. The van der Waals surface area contributed by atoms with Crippen molar-refractivity contribution < 1.29 is 0 Å². The Labute approximate surface area is 71.2 Å². The van der Waals surface area contributed by atoms with Crippen LogP contribution in [-0.4, -0.2) is 16.2 Å². The topological polar surface area (TPSA) is 63.8 Å². The zero-order valence-corrected chi connectivity index (χ0v) is 6.83. The molecule has 1 aliphatic rings. The van der Waals surface area contributed by atoms with Crippen molar-refractivity contribution >= 4 is 5.82 Å². The molecule has 1 fully saturated rings. The van der Waals surface area contributed by atoms with Crippen molar-refractivity contribution in [3.8, 4) is 0 Å². The molecule has 2 rings (SSSR count). The fourth-order valence-electron chi connectivity index (χ4n) is 1.00. The molecule has 4 heteroatoms. The Morgan fingerprint density at radius 3 is 2.83 bits per heavy atom. The first kappa shape index (κ1) is 7.49. The standard InChI is InChI=1S/C8H12N4/c9-8-4-3-7(11-12-8)5-10-6-1-2-6/h3-4,6,10H,1-2,5H2,(H2,9,12). The summed E-state index contributed by atoms with van der Waals surface area (Å²) in [5.74, 6) is 0.477. The molecule has 0 atom stereocenters. The molecule has 1 aliphatic carbocycles. The van der Waals surface area contributed by atoms with Crippen molar-refractivity contribution in [2.24, 2.45) is 0 Å². The minimum atomic E-state index is 0.477. The summed E-state index contributed by atoms with van der Waals surface area (Å²) in [6, 6.07) is 4.39. The lowest BCUT2D eigenvalue weighted by molar-refractivity contribution is 0.666. The van der Waals surface area contributed by atoms with Crippen LogP contribution >= 0.6 is 0 Å². The molecule has 1 saturated carbocycles. The highest BCUT2D eigenvalue weighted by Crippen LogP contribution is 2.18. The van der Waals surface area contributed by atoms with Gasteiger partial charge in [0.1, 0.15) is 5.82 Å². The molecule has 0 spiro atoms. The Bertz CT molecular complexity index is 252. The van der Waals surface area contributed by atoms with E-state index in [1.54, 1.807) is 6.07 Å². The number of aromatic nitrogens is 2. The molecule has 0 bridgehead atoms. The first-order chi connectivity index (χ1) is 5.84. The van der Waals surface area contributed by atoms with E-state index in [4.69, 9.17) is 5.73 Å². The van der Waals surface area contributed by atoms with E-state index in [0.29, 0.717) is 11.9 Å². The van der Waals surface area contributed by atoms with Gasteiger partial charge in [0.05, 0.1) is 5.69 Å². The monoisotopic (exact) mass is 164 g/mol. The Morgan fingerprint density at radius 2 is 2.25 bits per heavy atom. The molecular formula is C8H12N4. The maximum atomic E-state index is 5.40. The highest BCUT2D eigenvalue weighted by molar-refractivity contribution is 5.25. The third-order valence-electron chi connectivity index (χ3n) is 1.89. The summed E-state index contributed by atoms with van der Waals surface area (Å²) < 4.78 is 0. The summed E-state index contributed by atoms with van der Waals surface area (Å²) in [7, 11) is 0. The van der Waals surface area contributed by atoms with Crippen LogP contribution in [0.4, 0.5) is 5.82 Å². The van der Waals surface area contributed by atoms with Crippen molar-refractivity contribution in [2.45, 2.75) is 25.4 Å². The SMILES string of the molecule is Nc1ccc(CNC2CC2)nn1. The van der Waals surface area contributed by atoms with E-state index in [1.165, 1.54) is 12.8 Å². The summed E-state index contributed by atoms with van der Waals surface area (Å²) in [5.41, 5.74) is 6.36. The van der Waals surface area contributed by atoms with E-state index >= 15 is 0 Å². The predicted molar refractivity (Wildman–Crippen MR) is 46.3 cm³/mol. The summed E-state index contributed by atoms with van der Waals surface area (Å²) in [6.07, 6.45) is 2.59. The largest absolute Gasteiger partial charge is 0.382 e. The van der Waals surface area contributed by atoms with E-state index < -0.39 is 0 Å². The zero-order valence-electron chi connectivity index (χ0n) is 6.83. The van der Waals surface area contributed by atoms with E-state index in [0.717, 1.165) is 12.2 Å². The van der Waals surface area contributed by atoms with Gasteiger partial charge in [-0.2, -0.15) is 5.10 Å². The summed E-state index contributed by atoms with van der Waals surface area (Å²) in [4.78, 5) is 0. The van der Waals surface area contributed by atoms with Crippen LogP contribution < -0.4 is 11.1 Å². The normalized spacial score (nSPS) is 16.3. The third-order valence-corrected chi connectivity index (χ3v) is 1.89. The van der Waals surface area contributed by atoms with E-state index in [1.807, 2.05) is 6.07 Å². The minimum absolute atomic E-state index is 0.477. The lowest BCUT2D eigenvalue weighted by Gasteiger charge is -2.00. The molecule has 12 heavy (non-hydrogen) atoms. The molecule has 64 valence electrons. The second kappa shape index (κ2) is 3.06. The van der Waals surface area contributed by atoms with Crippen LogP contribution in [0.15, 0.2) is 12.1 Å². The first-order valence-electron chi connectivity index (χ1n) is 4.16. The molecule has 3 N–H and O–H groups in total. The number of hydrogen-bond donors (Lipinski definition) is 2. The summed E-state index contributed by atoms with van der Waals surface area (Å²) in [6.45, 7) is 0.804. The van der Waals surface area contributed by atoms with Gasteiger partial charge in [-0.05, 0) is 25.0 Å². The number of hydrogen-bond acceptors (Lipinski definition) is 4. The summed E-state index contributed by atoms with van der Waals surface area (Å²) in [5, 5.41) is 11.1. The van der Waals surface area contributed by atoms with Crippen LogP contribution in [0.1, 0.15) is 18.5 Å². The summed E-state index contributed by atoms with van der Waals surface area (Å²) >= 11 is 0. The lowest BCUT2D eigenvalue weighted by atomic mass is 10.4. The Kier molecular flexibility index (Phi) is 1.91. The number of nitrogens with zero attached hydrogens (tertiary/aromatic N) is 2. The van der Waals surface area contributed by atoms with Crippen LogP contribution in [0, 0.1) is 0 Å². The van der Waals surface area contributed by atoms with Gasteiger partial charge >= 0.3 is 0 Å². The van der Waals surface area contributed by atoms with Crippen LogP contribution in [-0.2, 0) is 6.54 Å². The number of nitrogens with one attached hydrogen (secondary N) is 1. The maximum absolute atomic E-state index is 5.40. The van der Waals surface area contributed by atoms with Crippen molar-refractivity contribution in [3.63, 3.8) is 0 Å². The fourth-order valence-corrected chi connectivity index (χ4v) is 1.00. The van der Waals surface area contributed by atoms with Gasteiger partial charge in [-0.1, -0.05) is 0 Å². The fraction of sp³-hybridized carbons (Fsp3) is 0.500. The average Bonchev–Trinajstić information content (AvgIpc) is 2.87. The molecule has 0 saturated heterocycles. The van der Waals surface area contributed by atoms with E-state index in [9.17, 15) is 0 Å². The molecule has 0 aliphatic heterocycles. The molecule has 0 amide bonds. The Morgan fingerprint density at radius 1 is 1.42 bits per heavy atom. The van der Waals surface area contributed by atoms with Gasteiger partial charge in [-0.25, -0.2) is 0 Å². The van der Waals surface area contributed by atoms with E-state index in [-0.39, 0.29) is 0 Å². The molecule has 4 nitrogen and oxygen atoms in total. The van der Waals surface area contributed by atoms with Gasteiger partial charge in [-0.3, -0.25) is 0 Å². The zero-order chi connectivity index (χ0) is 8.39. The first-order valence-corrected chi connectivity index (χ1v) is 4.16. The van der Waals surface area contributed by atoms with Gasteiger partial charge in [0.2, 0.25) is 0 Å². The van der Waals surface area contributed by atoms with Crippen LogP contribution in [0.2, 0.25) is 0 Å². The molecule has 0 unspecified atom stereocenters. The highest BCUT2D eigenvalue weighted by atomic mass is 15.1. The molecule has 0 aromatic carbocycles. The van der Waals surface area contributed by atoms with E-state index in [2.05, 4.69) is 15.5 Å². The molecule has 1 aromatic heterocycles. The van der Waals surface area contributed by atoms with Crippen LogP contribution in [0.25, 0.3) is 0 Å². The second-order valence-electron chi connectivity index (χ2n) is 3.10. The van der Waals surface area contributed by atoms with Gasteiger partial charge in [0, 0.05) is 12.6 Å². The third kappa shape index (κ3) is 1.92. The number of rotatable bonds is 3. The van der Waals surface area contributed by atoms with Crippen molar-refractivity contribution in [2.75, 3.05) is 5.73 Å². The average molecular weight is 164 g/mol. The van der Waals surface area contributed by atoms with Crippen LogP contribution in [0.5, 0.6) is 0 Å². The van der Waals surface area contributed by atoms with Gasteiger partial charge < -0.3 is 11.1 Å². The molecule has 0 radical (unpaired) electrons. The number of anilines is 1. The smallest absolute Gasteiger partial charge is 0.146 e. The highest BCUT2D eigenvalue weighted by Gasteiger charge is 2.19. The molecular weight excluding hydrogens is 152 g/mol. The van der Waals surface area contributed by atoms with Gasteiger partial charge in [-0.15, -0.1) is 5.10 Å². The number of nitrogens with two attached hydrogens (primary N) is 1. The maximum Gasteiger partial charge on any atom is 0.146 e. The Balaban J connectivity index is 1.89. The van der Waals surface area contributed by atoms with Crippen LogP contribution in [0.3, 0.4) is 0 Å². The second-order valence-corrected chi connectivity index (χ2v) is 3.10. The Hall–Kier alpha value is -1.16. The van der Waals surface area contributed by atoms with Gasteiger partial charge in [0.15, 0.2) is 0 Å². The van der Waals surface area contributed by atoms with Crippen molar-refractivity contribution in [1.82, 2.24) is 15.5 Å². The van der Waals surface area contributed by atoms with Crippen molar-refractivity contribution in [3.05, 3.63) is 17.8 Å².